The largest absolute Gasteiger partial charge is 0.325 e. The Morgan fingerprint density at radius 1 is 1.16 bits per heavy atom. The minimum atomic E-state index is -0.298. The van der Waals surface area contributed by atoms with E-state index in [1.54, 1.807) is 24.3 Å². The van der Waals surface area contributed by atoms with Gasteiger partial charge in [0.2, 0.25) is 5.91 Å². The molecule has 0 aliphatic rings. The predicted molar refractivity (Wildman–Crippen MR) is 127 cm³/mol. The monoisotopic (exact) mass is 459 g/mol. The van der Waals surface area contributed by atoms with Gasteiger partial charge in [-0.05, 0) is 25.1 Å². The van der Waals surface area contributed by atoms with Gasteiger partial charge in [-0.3, -0.25) is 9.59 Å². The highest BCUT2D eigenvalue weighted by molar-refractivity contribution is 7.99. The average Bonchev–Trinajstić information content (AvgIpc) is 3.20. The molecule has 0 aliphatic carbocycles. The van der Waals surface area contributed by atoms with Crippen LogP contribution in [0.15, 0.2) is 70.6 Å². The van der Waals surface area contributed by atoms with Gasteiger partial charge in [-0.25, -0.2) is 9.97 Å². The van der Waals surface area contributed by atoms with Crippen LogP contribution in [-0.2, 0) is 4.79 Å². The Hall–Kier alpha value is -3.74. The highest BCUT2D eigenvalue weighted by Gasteiger charge is 2.15. The van der Waals surface area contributed by atoms with Gasteiger partial charge in [-0.15, -0.1) is 11.3 Å². The lowest BCUT2D eigenvalue weighted by molar-refractivity contribution is -0.113. The first kappa shape index (κ1) is 21.5. The molecule has 0 unspecified atom stereocenters. The number of aryl methyl sites for hydroxylation is 1. The Balaban J connectivity index is 1.50. The Morgan fingerprint density at radius 2 is 1.97 bits per heavy atom. The van der Waals surface area contributed by atoms with Crippen molar-refractivity contribution in [3.8, 4) is 27.2 Å². The van der Waals surface area contributed by atoms with E-state index in [9.17, 15) is 9.59 Å². The molecule has 0 spiro atoms. The quantitative estimate of drug-likeness (QED) is 0.325. The smallest absolute Gasteiger partial charge is 0.252 e. The summed E-state index contributed by atoms with van der Waals surface area (Å²) >= 11 is 2.60. The van der Waals surface area contributed by atoms with Gasteiger partial charge in [0, 0.05) is 17.3 Å². The number of amides is 1. The minimum absolute atomic E-state index is 0.0557. The molecule has 9 heteroatoms. The van der Waals surface area contributed by atoms with Crippen LogP contribution in [0.3, 0.4) is 0 Å². The number of rotatable bonds is 6. The summed E-state index contributed by atoms with van der Waals surface area (Å²) in [6, 6.07) is 20.0. The van der Waals surface area contributed by atoms with Crippen molar-refractivity contribution in [3.63, 3.8) is 0 Å². The fourth-order valence-corrected chi connectivity index (χ4v) is 4.66. The zero-order chi connectivity index (χ0) is 22.5. The van der Waals surface area contributed by atoms with Gasteiger partial charge in [0.15, 0.2) is 5.16 Å². The van der Waals surface area contributed by atoms with Crippen molar-refractivity contribution in [2.24, 2.45) is 0 Å². The molecule has 2 N–H and O–H groups in total. The van der Waals surface area contributed by atoms with E-state index < -0.39 is 0 Å². The fourth-order valence-electron chi connectivity index (χ4n) is 2.96. The Kier molecular flexibility index (Phi) is 6.44. The summed E-state index contributed by atoms with van der Waals surface area (Å²) in [4.78, 5) is 37.2. The molecule has 1 amide bonds. The minimum Gasteiger partial charge on any atom is -0.325 e. The van der Waals surface area contributed by atoms with Crippen LogP contribution in [-0.4, -0.2) is 26.6 Å². The number of hydrogen-bond donors (Lipinski definition) is 2. The SMILES string of the molecule is Cc1nc(-c2ccccc2)sc1-c1cc(=O)[nH]c(SCC(=O)Nc2cccc(C#N)c2)n1. The first-order valence-corrected chi connectivity index (χ1v) is 11.4. The van der Waals surface area contributed by atoms with E-state index >= 15 is 0 Å². The van der Waals surface area contributed by atoms with E-state index in [0.717, 1.165) is 32.9 Å². The van der Waals surface area contributed by atoms with E-state index in [0.29, 0.717) is 22.1 Å². The molecule has 0 fully saturated rings. The number of hydrogen-bond acceptors (Lipinski definition) is 7. The van der Waals surface area contributed by atoms with Crippen molar-refractivity contribution in [2.75, 3.05) is 11.1 Å². The molecule has 0 aliphatic heterocycles. The fraction of sp³-hybridized carbons (Fsp3) is 0.0870. The van der Waals surface area contributed by atoms with Crippen LogP contribution in [0.5, 0.6) is 0 Å². The highest BCUT2D eigenvalue weighted by Crippen LogP contribution is 2.34. The second kappa shape index (κ2) is 9.60. The number of nitrogens with zero attached hydrogens (tertiary/aromatic N) is 3. The summed E-state index contributed by atoms with van der Waals surface area (Å²) in [7, 11) is 0. The number of carbonyl (C=O) groups is 1. The number of nitrogens with one attached hydrogen (secondary N) is 2. The lowest BCUT2D eigenvalue weighted by Gasteiger charge is -2.06. The van der Waals surface area contributed by atoms with Gasteiger partial charge in [0.25, 0.3) is 5.56 Å². The molecule has 2 aromatic carbocycles. The van der Waals surface area contributed by atoms with Crippen LogP contribution in [0.4, 0.5) is 5.69 Å². The Bertz CT molecular complexity index is 1370. The van der Waals surface area contributed by atoms with Crippen LogP contribution < -0.4 is 10.9 Å². The number of thioether (sulfide) groups is 1. The number of benzene rings is 2. The maximum atomic E-state index is 12.3. The molecule has 4 rings (SSSR count). The first-order chi connectivity index (χ1) is 15.5. The zero-order valence-electron chi connectivity index (χ0n) is 17.0. The number of anilines is 1. The summed E-state index contributed by atoms with van der Waals surface area (Å²) in [5.74, 6) is -0.210. The molecule has 32 heavy (non-hydrogen) atoms. The van der Waals surface area contributed by atoms with E-state index in [2.05, 4.69) is 20.3 Å². The van der Waals surface area contributed by atoms with E-state index in [1.807, 2.05) is 43.3 Å². The molecule has 4 aromatic rings. The summed E-state index contributed by atoms with van der Waals surface area (Å²) in [6.07, 6.45) is 0. The molecule has 0 bridgehead atoms. The maximum Gasteiger partial charge on any atom is 0.252 e. The predicted octanol–water partition coefficient (Wildman–Crippen LogP) is 4.47. The topological polar surface area (TPSA) is 112 Å². The number of H-pyrrole nitrogens is 1. The molecule has 7 nitrogen and oxygen atoms in total. The Morgan fingerprint density at radius 3 is 2.75 bits per heavy atom. The molecule has 158 valence electrons. The number of aromatic nitrogens is 3. The molecule has 2 heterocycles. The van der Waals surface area contributed by atoms with Crippen LogP contribution >= 0.6 is 23.1 Å². The second-order valence-electron chi connectivity index (χ2n) is 6.76. The molecular formula is C23H17N5O2S2. The summed E-state index contributed by atoms with van der Waals surface area (Å²) in [6.45, 7) is 1.89. The molecule has 2 aromatic heterocycles. The summed E-state index contributed by atoms with van der Waals surface area (Å²) < 4.78 is 0. The lowest BCUT2D eigenvalue weighted by Crippen LogP contribution is -2.15. The van der Waals surface area contributed by atoms with Gasteiger partial charge in [-0.1, -0.05) is 48.2 Å². The third-order valence-corrected chi connectivity index (χ3v) is 6.49. The van der Waals surface area contributed by atoms with Crippen LogP contribution in [0.2, 0.25) is 0 Å². The standard InChI is InChI=1S/C23H17N5O2S2/c1-14-21(32-22(25-14)16-7-3-2-4-8-16)18-11-19(29)28-23(27-18)31-13-20(30)26-17-9-5-6-15(10-17)12-24/h2-11H,13H2,1H3,(H,26,30)(H,27,28,29). The molecule has 0 saturated heterocycles. The number of aromatic amines is 1. The maximum absolute atomic E-state index is 12.3. The normalized spacial score (nSPS) is 10.5. The number of thiazole rings is 1. The van der Waals surface area contributed by atoms with Gasteiger partial charge in [0.1, 0.15) is 5.01 Å². The van der Waals surface area contributed by atoms with E-state index in [4.69, 9.17) is 5.26 Å². The van der Waals surface area contributed by atoms with Gasteiger partial charge in [0.05, 0.1) is 33.7 Å². The third kappa shape index (κ3) is 5.11. The van der Waals surface area contributed by atoms with Crippen molar-refractivity contribution in [1.29, 1.82) is 5.26 Å². The molecular weight excluding hydrogens is 442 g/mol. The van der Waals surface area contributed by atoms with E-state index in [-0.39, 0.29) is 17.2 Å². The second-order valence-corrected chi connectivity index (χ2v) is 8.73. The molecule has 0 atom stereocenters. The van der Waals surface area contributed by atoms with Crippen molar-refractivity contribution < 1.29 is 4.79 Å². The average molecular weight is 460 g/mol. The Labute approximate surface area is 192 Å². The summed E-state index contributed by atoms with van der Waals surface area (Å²) in [5, 5.41) is 12.9. The van der Waals surface area contributed by atoms with Crippen LogP contribution in [0.25, 0.3) is 21.1 Å². The zero-order valence-corrected chi connectivity index (χ0v) is 18.6. The molecule has 0 radical (unpaired) electrons. The van der Waals surface area contributed by atoms with Crippen molar-refractivity contribution in [3.05, 3.63) is 82.3 Å². The van der Waals surface area contributed by atoms with Gasteiger partial charge in [-0.2, -0.15) is 5.26 Å². The van der Waals surface area contributed by atoms with Crippen LogP contribution in [0.1, 0.15) is 11.3 Å². The summed E-state index contributed by atoms with van der Waals surface area (Å²) in [5.41, 5.74) is 3.02. The highest BCUT2D eigenvalue weighted by atomic mass is 32.2. The van der Waals surface area contributed by atoms with Crippen molar-refractivity contribution >= 4 is 34.7 Å². The van der Waals surface area contributed by atoms with Gasteiger partial charge >= 0.3 is 0 Å². The van der Waals surface area contributed by atoms with Crippen molar-refractivity contribution in [2.45, 2.75) is 12.1 Å². The van der Waals surface area contributed by atoms with Crippen LogP contribution in [0, 0.1) is 18.3 Å². The first-order valence-electron chi connectivity index (χ1n) is 9.59. The number of carbonyl (C=O) groups excluding carboxylic acids is 1. The third-order valence-electron chi connectivity index (χ3n) is 4.39. The molecule has 0 saturated carbocycles. The lowest BCUT2D eigenvalue weighted by atomic mass is 10.2. The van der Waals surface area contributed by atoms with Gasteiger partial charge < -0.3 is 10.3 Å². The number of nitriles is 1. The van der Waals surface area contributed by atoms with Crippen molar-refractivity contribution in [1.82, 2.24) is 15.0 Å². The van der Waals surface area contributed by atoms with E-state index in [1.165, 1.54) is 17.4 Å².